The Kier molecular flexibility index (Phi) is 4.26. The molecule has 0 N–H and O–H groups in total. The molecule has 112 valence electrons. The van der Waals surface area contributed by atoms with Crippen molar-refractivity contribution in [2.45, 2.75) is 13.8 Å². The number of rotatable bonds is 3. The highest BCUT2D eigenvalue weighted by Gasteiger charge is 2.16. The van der Waals surface area contributed by atoms with Gasteiger partial charge in [-0.05, 0) is 43.2 Å². The van der Waals surface area contributed by atoms with E-state index in [1.165, 1.54) is 30.4 Å². The summed E-state index contributed by atoms with van der Waals surface area (Å²) >= 11 is 0. The van der Waals surface area contributed by atoms with Gasteiger partial charge in [-0.15, -0.1) is 0 Å². The minimum atomic E-state index is -0.813. The number of hydrogen-bond donors (Lipinski definition) is 0. The van der Waals surface area contributed by atoms with Crippen molar-refractivity contribution >= 4 is 23.2 Å². The third kappa shape index (κ3) is 3.32. The molecule has 7 heteroatoms. The van der Waals surface area contributed by atoms with Gasteiger partial charge in [-0.25, -0.2) is 4.79 Å². The van der Waals surface area contributed by atoms with E-state index in [9.17, 15) is 19.7 Å². The molecule has 1 aromatic rings. The van der Waals surface area contributed by atoms with E-state index in [0.29, 0.717) is 16.9 Å². The van der Waals surface area contributed by atoms with Crippen LogP contribution in [0.2, 0.25) is 0 Å². The zero-order chi connectivity index (χ0) is 16.3. The van der Waals surface area contributed by atoms with Crippen LogP contribution in [-0.4, -0.2) is 22.4 Å². The number of nitro groups is 1. The Morgan fingerprint density at radius 1 is 1.23 bits per heavy atom. The van der Waals surface area contributed by atoms with E-state index in [1.807, 2.05) is 0 Å². The lowest BCUT2D eigenvalue weighted by Crippen LogP contribution is -2.11. The van der Waals surface area contributed by atoms with Crippen molar-refractivity contribution in [1.29, 1.82) is 0 Å². The average Bonchev–Trinajstić information content (AvgIpc) is 2.49. The van der Waals surface area contributed by atoms with Crippen LogP contribution in [0.25, 0.3) is 0 Å². The third-order valence-electron chi connectivity index (χ3n) is 3.01. The lowest BCUT2D eigenvalue weighted by molar-refractivity contribution is -0.384. The van der Waals surface area contributed by atoms with Gasteiger partial charge < -0.3 is 4.84 Å². The summed E-state index contributed by atoms with van der Waals surface area (Å²) in [6.45, 7) is 3.30. The van der Waals surface area contributed by atoms with E-state index in [1.54, 1.807) is 13.8 Å². The SMILES string of the molecule is CC1=C/C(=N/OC(=O)c2cccc([N+](=O)[O-])c2)C(C)=CC1=O. The van der Waals surface area contributed by atoms with Crippen LogP contribution in [0, 0.1) is 10.1 Å². The van der Waals surface area contributed by atoms with Crippen LogP contribution in [0.15, 0.2) is 52.7 Å². The first-order chi connectivity index (χ1) is 10.4. The second-order valence-electron chi connectivity index (χ2n) is 4.68. The molecule has 0 aliphatic heterocycles. The fourth-order valence-corrected chi connectivity index (χ4v) is 1.76. The van der Waals surface area contributed by atoms with Gasteiger partial charge in [-0.2, -0.15) is 0 Å². The molecule has 0 bridgehead atoms. The number of nitro benzene ring substituents is 1. The first kappa shape index (κ1) is 15.3. The highest BCUT2D eigenvalue weighted by molar-refractivity contribution is 6.21. The summed E-state index contributed by atoms with van der Waals surface area (Å²) in [4.78, 5) is 38.1. The maximum atomic E-state index is 11.9. The molecular formula is C15H12N2O5. The smallest absolute Gasteiger partial charge is 0.312 e. The highest BCUT2D eigenvalue weighted by atomic mass is 16.7. The van der Waals surface area contributed by atoms with Crippen LogP contribution in [0.1, 0.15) is 24.2 Å². The molecular weight excluding hydrogens is 288 g/mol. The van der Waals surface area contributed by atoms with Gasteiger partial charge in [-0.3, -0.25) is 14.9 Å². The first-order valence-corrected chi connectivity index (χ1v) is 6.33. The standard InChI is InChI=1S/C15H12N2O5/c1-9-7-14(18)10(2)6-13(9)16-22-15(19)11-4-3-5-12(8-11)17(20)21/h3-8H,1-2H3/b16-13-. The van der Waals surface area contributed by atoms with Crippen molar-refractivity contribution in [3.05, 3.63) is 63.2 Å². The van der Waals surface area contributed by atoms with E-state index >= 15 is 0 Å². The van der Waals surface area contributed by atoms with Crippen LogP contribution in [0.5, 0.6) is 0 Å². The summed E-state index contributed by atoms with van der Waals surface area (Å²) in [5.41, 5.74) is 1.22. The Balaban J connectivity index is 2.18. The number of non-ortho nitro benzene ring substituents is 1. The van der Waals surface area contributed by atoms with Crippen molar-refractivity contribution in [2.24, 2.45) is 5.16 Å². The van der Waals surface area contributed by atoms with Gasteiger partial charge in [0.1, 0.15) is 5.71 Å². The molecule has 0 spiro atoms. The van der Waals surface area contributed by atoms with E-state index in [4.69, 9.17) is 4.84 Å². The second kappa shape index (κ2) is 6.13. The third-order valence-corrected chi connectivity index (χ3v) is 3.01. The molecule has 0 fully saturated rings. The molecule has 1 aliphatic carbocycles. The molecule has 2 rings (SSSR count). The molecule has 1 aliphatic rings. The van der Waals surface area contributed by atoms with Crippen molar-refractivity contribution in [1.82, 2.24) is 0 Å². The summed E-state index contributed by atoms with van der Waals surface area (Å²) < 4.78 is 0. The summed E-state index contributed by atoms with van der Waals surface area (Å²) in [7, 11) is 0. The molecule has 0 saturated carbocycles. The Hall–Kier alpha value is -3.09. The van der Waals surface area contributed by atoms with E-state index in [2.05, 4.69) is 5.16 Å². The fraction of sp³-hybridized carbons (Fsp3) is 0.133. The lowest BCUT2D eigenvalue weighted by Gasteiger charge is -2.08. The zero-order valence-corrected chi connectivity index (χ0v) is 11.9. The summed E-state index contributed by atoms with van der Waals surface area (Å²) in [6.07, 6.45) is 2.91. The van der Waals surface area contributed by atoms with Crippen molar-refractivity contribution < 1.29 is 19.3 Å². The molecule has 0 saturated heterocycles. The maximum absolute atomic E-state index is 11.9. The number of oxime groups is 1. The second-order valence-corrected chi connectivity index (χ2v) is 4.68. The van der Waals surface area contributed by atoms with Crippen LogP contribution >= 0.6 is 0 Å². The van der Waals surface area contributed by atoms with Gasteiger partial charge in [0.2, 0.25) is 0 Å². The topological polar surface area (TPSA) is 98.9 Å². The van der Waals surface area contributed by atoms with E-state index < -0.39 is 10.9 Å². The number of carbonyl (C=O) groups excluding carboxylic acids is 2. The monoisotopic (exact) mass is 300 g/mol. The molecule has 0 amide bonds. The van der Waals surface area contributed by atoms with E-state index in [0.717, 1.165) is 6.07 Å². The lowest BCUT2D eigenvalue weighted by atomic mass is 9.99. The largest absolute Gasteiger partial charge is 0.366 e. The molecule has 0 atom stereocenters. The Morgan fingerprint density at radius 3 is 2.64 bits per heavy atom. The quantitative estimate of drug-likeness (QED) is 0.370. The molecule has 7 nitrogen and oxygen atoms in total. The number of nitrogens with zero attached hydrogens (tertiary/aromatic N) is 2. The average molecular weight is 300 g/mol. The molecule has 0 aromatic heterocycles. The van der Waals surface area contributed by atoms with Crippen LogP contribution in [-0.2, 0) is 9.63 Å². The van der Waals surface area contributed by atoms with Crippen LogP contribution in [0.3, 0.4) is 0 Å². The van der Waals surface area contributed by atoms with Gasteiger partial charge >= 0.3 is 5.97 Å². The Bertz CT molecular complexity index is 759. The van der Waals surface area contributed by atoms with Gasteiger partial charge in [0.25, 0.3) is 5.69 Å². The van der Waals surface area contributed by atoms with Crippen molar-refractivity contribution in [3.63, 3.8) is 0 Å². The zero-order valence-electron chi connectivity index (χ0n) is 11.9. The van der Waals surface area contributed by atoms with Gasteiger partial charge in [0, 0.05) is 12.1 Å². The predicted molar refractivity (Wildman–Crippen MR) is 78.5 cm³/mol. The van der Waals surface area contributed by atoms with Crippen molar-refractivity contribution in [3.8, 4) is 0 Å². The highest BCUT2D eigenvalue weighted by Crippen LogP contribution is 2.15. The molecule has 22 heavy (non-hydrogen) atoms. The minimum absolute atomic E-state index is 0.0211. The summed E-state index contributed by atoms with van der Waals surface area (Å²) in [5.74, 6) is -0.937. The summed E-state index contributed by atoms with van der Waals surface area (Å²) in [6, 6.07) is 5.16. The van der Waals surface area contributed by atoms with Crippen LogP contribution < -0.4 is 0 Å². The normalized spacial score (nSPS) is 16.1. The molecule has 0 radical (unpaired) electrons. The predicted octanol–water partition coefficient (Wildman–Crippen LogP) is 2.58. The van der Waals surface area contributed by atoms with Crippen LogP contribution in [0.4, 0.5) is 5.69 Å². The first-order valence-electron chi connectivity index (χ1n) is 6.33. The van der Waals surface area contributed by atoms with Gasteiger partial charge in [-0.1, -0.05) is 11.2 Å². The number of hydrogen-bond acceptors (Lipinski definition) is 6. The number of ketones is 1. The number of benzene rings is 1. The molecule has 0 unspecified atom stereocenters. The Morgan fingerprint density at radius 2 is 1.95 bits per heavy atom. The fourth-order valence-electron chi connectivity index (χ4n) is 1.76. The number of carbonyl (C=O) groups is 2. The van der Waals surface area contributed by atoms with E-state index in [-0.39, 0.29) is 17.0 Å². The molecule has 1 aromatic carbocycles. The van der Waals surface area contributed by atoms with Gasteiger partial charge in [0.15, 0.2) is 5.78 Å². The van der Waals surface area contributed by atoms with Crippen molar-refractivity contribution in [2.75, 3.05) is 0 Å². The Labute approximate surface area is 125 Å². The summed E-state index contributed by atoms with van der Waals surface area (Å²) in [5, 5.41) is 14.4. The maximum Gasteiger partial charge on any atom is 0.366 e. The minimum Gasteiger partial charge on any atom is -0.312 e. The molecule has 0 heterocycles. The van der Waals surface area contributed by atoms with Gasteiger partial charge in [0.05, 0.1) is 10.5 Å². The number of allylic oxidation sites excluding steroid dienone is 4.